The summed E-state index contributed by atoms with van der Waals surface area (Å²) in [6, 6.07) is 12.6. The first kappa shape index (κ1) is 23.9. The van der Waals surface area contributed by atoms with Crippen molar-refractivity contribution in [1.29, 1.82) is 0 Å². The second-order valence-corrected chi connectivity index (χ2v) is 7.36. The molecule has 3 aromatic rings. The molecule has 176 valence electrons. The Bertz CT molecular complexity index is 1080. The smallest absolute Gasteiger partial charge is 0.407 e. The number of carbonyl (C=O) groups is 2. The summed E-state index contributed by atoms with van der Waals surface area (Å²) in [5.41, 5.74) is 14.0. The summed E-state index contributed by atoms with van der Waals surface area (Å²) in [7, 11) is 1.62. The molecule has 10 nitrogen and oxygen atoms in total. The van der Waals surface area contributed by atoms with Crippen LogP contribution in [0.3, 0.4) is 0 Å². The predicted molar refractivity (Wildman–Crippen MR) is 124 cm³/mol. The molecule has 0 aliphatic carbocycles. The minimum atomic E-state index is -0.579. The molecule has 0 aliphatic heterocycles. The Labute approximate surface area is 191 Å². The van der Waals surface area contributed by atoms with Gasteiger partial charge in [-0.2, -0.15) is 0 Å². The van der Waals surface area contributed by atoms with E-state index in [1.807, 2.05) is 30.3 Å². The van der Waals surface area contributed by atoms with Gasteiger partial charge in [0.2, 0.25) is 11.9 Å². The molecule has 0 unspecified atom stereocenters. The van der Waals surface area contributed by atoms with E-state index < -0.39 is 12.0 Å². The molecule has 0 bridgehead atoms. The van der Waals surface area contributed by atoms with Crippen LogP contribution in [0, 0.1) is 0 Å². The molecule has 0 aliphatic rings. The molecule has 0 spiro atoms. The van der Waals surface area contributed by atoms with Crippen LogP contribution in [0.1, 0.15) is 28.8 Å². The number of nitrogens with one attached hydrogen (secondary N) is 1. The third-order valence-electron chi connectivity index (χ3n) is 4.91. The number of aromatic nitrogens is 2. The van der Waals surface area contributed by atoms with Crippen LogP contribution in [0.4, 0.5) is 10.7 Å². The Kier molecular flexibility index (Phi) is 8.48. The normalized spacial score (nSPS) is 10.8. The highest BCUT2D eigenvalue weighted by Crippen LogP contribution is 2.30. The number of aryl methyl sites for hydroxylation is 1. The van der Waals surface area contributed by atoms with E-state index in [0.29, 0.717) is 55.9 Å². The third-order valence-corrected chi connectivity index (χ3v) is 4.91. The van der Waals surface area contributed by atoms with Gasteiger partial charge in [0.25, 0.3) is 0 Å². The first-order valence-corrected chi connectivity index (χ1v) is 10.7. The minimum absolute atomic E-state index is 0.206. The molecule has 10 heteroatoms. The molecule has 0 saturated heterocycles. The van der Waals surface area contributed by atoms with Crippen molar-refractivity contribution in [1.82, 2.24) is 14.9 Å². The Morgan fingerprint density at radius 1 is 1.12 bits per heavy atom. The lowest BCUT2D eigenvalue weighted by Crippen LogP contribution is -2.26. The predicted octanol–water partition coefficient (Wildman–Crippen LogP) is 2.45. The van der Waals surface area contributed by atoms with Gasteiger partial charge in [-0.05, 0) is 24.1 Å². The molecule has 0 radical (unpaired) electrons. The summed E-state index contributed by atoms with van der Waals surface area (Å²) in [5.74, 6) is 0.168. The van der Waals surface area contributed by atoms with Crippen molar-refractivity contribution in [2.24, 2.45) is 5.73 Å². The summed E-state index contributed by atoms with van der Waals surface area (Å²) in [6.07, 6.45) is 0.768. The number of nitrogens with zero attached hydrogens (tertiary/aromatic N) is 2. The fraction of sp³-hybridized carbons (Fsp3) is 0.348. The van der Waals surface area contributed by atoms with Gasteiger partial charge in [0.05, 0.1) is 12.1 Å². The number of nitrogen functional groups attached to an aromatic ring is 1. The lowest BCUT2D eigenvalue weighted by Gasteiger charge is -2.13. The minimum Gasteiger partial charge on any atom is -0.491 e. The number of amides is 2. The Morgan fingerprint density at radius 3 is 2.64 bits per heavy atom. The van der Waals surface area contributed by atoms with Gasteiger partial charge >= 0.3 is 6.09 Å². The SMILES string of the molecule is COCCCOc1cc(C(N)=O)cc2nc(N)n(CCCNC(=O)OCc3ccccc3)c12. The van der Waals surface area contributed by atoms with Crippen molar-refractivity contribution in [3.05, 3.63) is 53.6 Å². The van der Waals surface area contributed by atoms with E-state index in [-0.39, 0.29) is 18.1 Å². The number of benzene rings is 2. The fourth-order valence-electron chi connectivity index (χ4n) is 3.31. The fourth-order valence-corrected chi connectivity index (χ4v) is 3.31. The number of hydrogen-bond acceptors (Lipinski definition) is 7. The van der Waals surface area contributed by atoms with E-state index in [1.54, 1.807) is 23.8 Å². The van der Waals surface area contributed by atoms with Gasteiger partial charge in [-0.25, -0.2) is 9.78 Å². The van der Waals surface area contributed by atoms with Crippen LogP contribution in [0.2, 0.25) is 0 Å². The number of primary amides is 1. The van der Waals surface area contributed by atoms with Crippen molar-refractivity contribution < 1.29 is 23.8 Å². The maximum Gasteiger partial charge on any atom is 0.407 e. The number of carbonyl (C=O) groups excluding carboxylic acids is 2. The molecule has 5 N–H and O–H groups in total. The number of anilines is 1. The molecule has 0 saturated carbocycles. The third kappa shape index (κ3) is 6.59. The highest BCUT2D eigenvalue weighted by atomic mass is 16.5. The molecule has 2 amide bonds. The van der Waals surface area contributed by atoms with Crippen LogP contribution in [0.15, 0.2) is 42.5 Å². The first-order chi connectivity index (χ1) is 16.0. The highest BCUT2D eigenvalue weighted by Gasteiger charge is 2.17. The number of alkyl carbamates (subject to hydrolysis) is 1. The van der Waals surface area contributed by atoms with Crippen LogP contribution in [0.5, 0.6) is 5.75 Å². The van der Waals surface area contributed by atoms with Crippen molar-refractivity contribution in [3.8, 4) is 5.75 Å². The Hall–Kier alpha value is -3.79. The maximum atomic E-state index is 11.9. The molecule has 33 heavy (non-hydrogen) atoms. The average Bonchev–Trinajstić information content (AvgIpc) is 3.13. The van der Waals surface area contributed by atoms with Crippen LogP contribution in [-0.2, 0) is 22.6 Å². The van der Waals surface area contributed by atoms with Gasteiger partial charge in [0, 0.05) is 38.8 Å². The second-order valence-electron chi connectivity index (χ2n) is 7.36. The number of ether oxygens (including phenoxy) is 3. The Balaban J connectivity index is 1.62. The van der Waals surface area contributed by atoms with Crippen molar-refractivity contribution in [2.75, 3.05) is 32.6 Å². The second kappa shape index (κ2) is 11.7. The first-order valence-electron chi connectivity index (χ1n) is 10.7. The summed E-state index contributed by atoms with van der Waals surface area (Å²) in [5, 5.41) is 2.73. The zero-order valence-corrected chi connectivity index (χ0v) is 18.6. The molecule has 0 atom stereocenters. The number of rotatable bonds is 12. The van der Waals surface area contributed by atoms with Crippen molar-refractivity contribution in [2.45, 2.75) is 26.0 Å². The molecule has 0 fully saturated rings. The summed E-state index contributed by atoms with van der Waals surface area (Å²) >= 11 is 0. The van der Waals surface area contributed by atoms with E-state index in [1.165, 1.54) is 0 Å². The van der Waals surface area contributed by atoms with Crippen molar-refractivity contribution in [3.63, 3.8) is 0 Å². The van der Waals surface area contributed by atoms with Gasteiger partial charge in [0.15, 0.2) is 0 Å². The zero-order valence-electron chi connectivity index (χ0n) is 18.6. The lowest BCUT2D eigenvalue weighted by atomic mass is 10.1. The number of fused-ring (bicyclic) bond motifs is 1. The van der Waals surface area contributed by atoms with E-state index in [2.05, 4.69) is 10.3 Å². The Morgan fingerprint density at radius 2 is 1.91 bits per heavy atom. The molecule has 2 aromatic carbocycles. The van der Waals surface area contributed by atoms with Crippen molar-refractivity contribution >= 4 is 29.0 Å². The number of imidazole rings is 1. The van der Waals surface area contributed by atoms with E-state index in [4.69, 9.17) is 25.7 Å². The quantitative estimate of drug-likeness (QED) is 0.356. The van der Waals surface area contributed by atoms with Crippen LogP contribution in [0.25, 0.3) is 11.0 Å². The molecular formula is C23H29N5O5. The average molecular weight is 456 g/mol. The highest BCUT2D eigenvalue weighted by molar-refractivity contribution is 5.98. The number of hydrogen-bond donors (Lipinski definition) is 3. The van der Waals surface area contributed by atoms with E-state index in [0.717, 1.165) is 5.56 Å². The number of methoxy groups -OCH3 is 1. The van der Waals surface area contributed by atoms with E-state index >= 15 is 0 Å². The van der Waals surface area contributed by atoms with Crippen LogP contribution in [-0.4, -0.2) is 48.4 Å². The summed E-state index contributed by atoms with van der Waals surface area (Å²) in [4.78, 5) is 28.0. The molecule has 1 heterocycles. The van der Waals surface area contributed by atoms with E-state index in [9.17, 15) is 9.59 Å². The summed E-state index contributed by atoms with van der Waals surface area (Å²) < 4.78 is 17.9. The van der Waals surface area contributed by atoms with Crippen LogP contribution < -0.4 is 21.5 Å². The van der Waals surface area contributed by atoms with Gasteiger partial charge in [-0.1, -0.05) is 30.3 Å². The van der Waals surface area contributed by atoms with Gasteiger partial charge in [-0.3, -0.25) is 4.79 Å². The van der Waals surface area contributed by atoms with Gasteiger partial charge in [0.1, 0.15) is 17.9 Å². The topological polar surface area (TPSA) is 144 Å². The maximum absolute atomic E-state index is 11.9. The van der Waals surface area contributed by atoms with Gasteiger partial charge < -0.3 is 35.6 Å². The number of nitrogens with two attached hydrogens (primary N) is 2. The zero-order chi connectivity index (χ0) is 23.6. The monoisotopic (exact) mass is 455 g/mol. The molecular weight excluding hydrogens is 426 g/mol. The molecule has 3 rings (SSSR count). The molecule has 1 aromatic heterocycles. The lowest BCUT2D eigenvalue weighted by molar-refractivity contribution is 0.0999. The summed E-state index contributed by atoms with van der Waals surface area (Å²) in [6.45, 7) is 2.01. The van der Waals surface area contributed by atoms with Gasteiger partial charge in [-0.15, -0.1) is 0 Å². The standard InChI is InChI=1S/C23H29N5O5/c1-31-11-6-12-32-19-14-17(21(24)29)13-18-20(19)28(22(25)27-18)10-5-9-26-23(30)33-15-16-7-3-2-4-8-16/h2-4,7-8,13-14H,5-6,9-12,15H2,1H3,(H2,24,29)(H2,25,27)(H,26,30). The largest absolute Gasteiger partial charge is 0.491 e. The van der Waals surface area contributed by atoms with Crippen LogP contribution >= 0.6 is 0 Å².